The number of carboxylic acids is 1. The van der Waals surface area contributed by atoms with E-state index in [1.165, 1.54) is 0 Å². The second-order valence-electron chi connectivity index (χ2n) is 5.01. The van der Waals surface area contributed by atoms with Crippen LogP contribution in [0.1, 0.15) is 33.1 Å². The van der Waals surface area contributed by atoms with Gasteiger partial charge in [-0.2, -0.15) is 11.8 Å². The number of nitrogens with one attached hydrogen (secondary N) is 1. The maximum atomic E-state index is 11.5. The molecule has 2 N–H and O–H groups in total. The van der Waals surface area contributed by atoms with E-state index >= 15 is 0 Å². The molecular weight excluding hydrogens is 238 g/mol. The minimum absolute atomic E-state index is 0.0348. The molecule has 0 unspecified atom stereocenters. The molecule has 0 aromatic carbocycles. The number of hydrogen-bond donors (Lipinski definition) is 2. The van der Waals surface area contributed by atoms with Crippen molar-refractivity contribution in [2.75, 3.05) is 11.5 Å². The van der Waals surface area contributed by atoms with Crippen molar-refractivity contribution < 1.29 is 14.7 Å². The van der Waals surface area contributed by atoms with E-state index in [9.17, 15) is 9.59 Å². The van der Waals surface area contributed by atoms with Crippen LogP contribution in [0.2, 0.25) is 0 Å². The van der Waals surface area contributed by atoms with E-state index in [0.717, 1.165) is 12.2 Å². The SMILES string of the molecule is CC(C)CCSCC(=O)NC1CC(C(=O)O)C1. The Morgan fingerprint density at radius 3 is 2.59 bits per heavy atom. The summed E-state index contributed by atoms with van der Waals surface area (Å²) in [7, 11) is 0. The third kappa shape index (κ3) is 5.44. The van der Waals surface area contributed by atoms with E-state index in [1.807, 2.05) is 0 Å². The van der Waals surface area contributed by atoms with Crippen LogP contribution in [-0.4, -0.2) is 34.5 Å². The van der Waals surface area contributed by atoms with Gasteiger partial charge in [-0.15, -0.1) is 0 Å². The molecule has 1 rings (SSSR count). The van der Waals surface area contributed by atoms with E-state index in [-0.39, 0.29) is 17.9 Å². The zero-order valence-electron chi connectivity index (χ0n) is 10.4. The minimum atomic E-state index is -0.748. The summed E-state index contributed by atoms with van der Waals surface area (Å²) >= 11 is 1.64. The normalized spacial score (nSPS) is 23.2. The van der Waals surface area contributed by atoms with Crippen LogP contribution in [0.4, 0.5) is 0 Å². The van der Waals surface area contributed by atoms with Gasteiger partial charge in [0.1, 0.15) is 0 Å². The molecule has 0 aliphatic heterocycles. The van der Waals surface area contributed by atoms with Crippen molar-refractivity contribution >= 4 is 23.6 Å². The molecule has 0 saturated heterocycles. The number of hydrogen-bond acceptors (Lipinski definition) is 3. The highest BCUT2D eigenvalue weighted by atomic mass is 32.2. The first-order valence-corrected chi connectivity index (χ1v) is 7.24. The Labute approximate surface area is 107 Å². The minimum Gasteiger partial charge on any atom is -0.481 e. The standard InChI is InChI=1S/C12H21NO3S/c1-8(2)3-4-17-7-11(14)13-10-5-9(6-10)12(15)16/h8-10H,3-7H2,1-2H3,(H,13,14)(H,15,16). The molecule has 0 bridgehead atoms. The summed E-state index contributed by atoms with van der Waals surface area (Å²) in [6.45, 7) is 4.34. The summed E-state index contributed by atoms with van der Waals surface area (Å²) in [5.74, 6) is 1.20. The highest BCUT2D eigenvalue weighted by Gasteiger charge is 2.35. The van der Waals surface area contributed by atoms with Gasteiger partial charge in [0, 0.05) is 6.04 Å². The Morgan fingerprint density at radius 1 is 1.41 bits per heavy atom. The molecular formula is C12H21NO3S. The van der Waals surface area contributed by atoms with Crippen molar-refractivity contribution in [1.82, 2.24) is 5.32 Å². The van der Waals surface area contributed by atoms with Gasteiger partial charge in [0.15, 0.2) is 0 Å². The molecule has 1 aliphatic carbocycles. The van der Waals surface area contributed by atoms with Crippen LogP contribution in [0.25, 0.3) is 0 Å². The third-order valence-electron chi connectivity index (χ3n) is 2.93. The van der Waals surface area contributed by atoms with Crippen molar-refractivity contribution in [3.63, 3.8) is 0 Å². The van der Waals surface area contributed by atoms with Gasteiger partial charge in [-0.25, -0.2) is 0 Å². The van der Waals surface area contributed by atoms with Crippen molar-refractivity contribution in [3.05, 3.63) is 0 Å². The maximum Gasteiger partial charge on any atom is 0.306 e. The predicted molar refractivity (Wildman–Crippen MR) is 69.1 cm³/mol. The highest BCUT2D eigenvalue weighted by Crippen LogP contribution is 2.27. The molecule has 98 valence electrons. The van der Waals surface area contributed by atoms with Gasteiger partial charge in [-0.3, -0.25) is 9.59 Å². The van der Waals surface area contributed by atoms with Gasteiger partial charge in [0.05, 0.1) is 11.7 Å². The van der Waals surface area contributed by atoms with Crippen LogP contribution in [-0.2, 0) is 9.59 Å². The van der Waals surface area contributed by atoms with E-state index in [2.05, 4.69) is 19.2 Å². The fraction of sp³-hybridized carbons (Fsp3) is 0.833. The summed E-state index contributed by atoms with van der Waals surface area (Å²) < 4.78 is 0. The van der Waals surface area contributed by atoms with Crippen LogP contribution < -0.4 is 5.32 Å². The van der Waals surface area contributed by atoms with Gasteiger partial charge < -0.3 is 10.4 Å². The Kier molecular flexibility index (Phi) is 5.82. The lowest BCUT2D eigenvalue weighted by Gasteiger charge is -2.32. The number of rotatable bonds is 7. The number of aliphatic carboxylic acids is 1. The first-order valence-electron chi connectivity index (χ1n) is 6.09. The van der Waals surface area contributed by atoms with Crippen LogP contribution in [0.3, 0.4) is 0 Å². The molecule has 0 aromatic rings. The molecule has 4 nitrogen and oxygen atoms in total. The Morgan fingerprint density at radius 2 is 2.06 bits per heavy atom. The zero-order valence-corrected chi connectivity index (χ0v) is 11.3. The Balaban J connectivity index is 2.01. The highest BCUT2D eigenvalue weighted by molar-refractivity contribution is 7.99. The molecule has 1 amide bonds. The maximum absolute atomic E-state index is 11.5. The Hall–Kier alpha value is -0.710. The van der Waals surface area contributed by atoms with Crippen LogP contribution >= 0.6 is 11.8 Å². The molecule has 17 heavy (non-hydrogen) atoms. The van der Waals surface area contributed by atoms with E-state index in [4.69, 9.17) is 5.11 Å². The molecule has 0 radical (unpaired) electrons. The average molecular weight is 259 g/mol. The topological polar surface area (TPSA) is 66.4 Å². The van der Waals surface area contributed by atoms with Crippen LogP contribution in [0.15, 0.2) is 0 Å². The van der Waals surface area contributed by atoms with Crippen molar-refractivity contribution in [3.8, 4) is 0 Å². The molecule has 5 heteroatoms. The molecule has 1 aliphatic rings. The fourth-order valence-corrected chi connectivity index (χ4v) is 2.74. The van der Waals surface area contributed by atoms with E-state index in [1.54, 1.807) is 11.8 Å². The van der Waals surface area contributed by atoms with Gasteiger partial charge in [-0.1, -0.05) is 13.8 Å². The number of thioether (sulfide) groups is 1. The van der Waals surface area contributed by atoms with Crippen molar-refractivity contribution in [2.24, 2.45) is 11.8 Å². The van der Waals surface area contributed by atoms with Crippen LogP contribution in [0.5, 0.6) is 0 Å². The lowest BCUT2D eigenvalue weighted by atomic mass is 9.80. The van der Waals surface area contributed by atoms with E-state index < -0.39 is 5.97 Å². The fourth-order valence-electron chi connectivity index (χ4n) is 1.69. The number of amides is 1. The Bertz CT molecular complexity index is 275. The largest absolute Gasteiger partial charge is 0.481 e. The van der Waals surface area contributed by atoms with Gasteiger partial charge in [0.2, 0.25) is 5.91 Å². The first-order chi connectivity index (χ1) is 7.99. The van der Waals surface area contributed by atoms with Crippen molar-refractivity contribution in [1.29, 1.82) is 0 Å². The monoisotopic (exact) mass is 259 g/mol. The summed E-state index contributed by atoms with van der Waals surface area (Å²) in [4.78, 5) is 22.1. The summed E-state index contributed by atoms with van der Waals surface area (Å²) in [5, 5.41) is 11.6. The molecule has 0 heterocycles. The molecule has 0 spiro atoms. The molecule has 1 fully saturated rings. The molecule has 0 aromatic heterocycles. The summed E-state index contributed by atoms with van der Waals surface area (Å²) in [5.41, 5.74) is 0. The number of carbonyl (C=O) groups excluding carboxylic acids is 1. The number of carboxylic acid groups (broad SMARTS) is 1. The van der Waals surface area contributed by atoms with Crippen molar-refractivity contribution in [2.45, 2.75) is 39.2 Å². The average Bonchev–Trinajstić information content (AvgIpc) is 2.16. The summed E-state index contributed by atoms with van der Waals surface area (Å²) in [6.07, 6.45) is 2.29. The zero-order chi connectivity index (χ0) is 12.8. The van der Waals surface area contributed by atoms with Gasteiger partial charge >= 0.3 is 5.97 Å². The number of carbonyl (C=O) groups is 2. The van der Waals surface area contributed by atoms with Gasteiger partial charge in [-0.05, 0) is 30.9 Å². The predicted octanol–water partition coefficient (Wildman–Crippen LogP) is 1.75. The summed E-state index contributed by atoms with van der Waals surface area (Å²) in [6, 6.07) is 0.0781. The quantitative estimate of drug-likeness (QED) is 0.684. The van der Waals surface area contributed by atoms with E-state index in [0.29, 0.717) is 24.5 Å². The third-order valence-corrected chi connectivity index (χ3v) is 3.92. The first kappa shape index (κ1) is 14.4. The smallest absolute Gasteiger partial charge is 0.306 e. The van der Waals surface area contributed by atoms with Gasteiger partial charge in [0.25, 0.3) is 0 Å². The second kappa shape index (κ2) is 6.89. The molecule has 0 atom stereocenters. The molecule has 1 saturated carbocycles. The second-order valence-corrected chi connectivity index (χ2v) is 6.11. The lowest BCUT2D eigenvalue weighted by Crippen LogP contribution is -2.47. The lowest BCUT2D eigenvalue weighted by molar-refractivity contribution is -0.146. The van der Waals surface area contributed by atoms with Crippen LogP contribution in [0, 0.1) is 11.8 Å².